The van der Waals surface area contributed by atoms with Crippen LogP contribution < -0.4 is 0 Å². The zero-order valence-corrected chi connectivity index (χ0v) is 14.4. The molecule has 0 saturated carbocycles. The first-order valence-corrected chi connectivity index (χ1v) is 8.29. The van der Waals surface area contributed by atoms with Crippen LogP contribution in [0.25, 0.3) is 11.5 Å². The monoisotopic (exact) mass is 321 g/mol. The van der Waals surface area contributed by atoms with E-state index >= 15 is 0 Å². The van der Waals surface area contributed by atoms with E-state index < -0.39 is 0 Å². The van der Waals surface area contributed by atoms with Crippen molar-refractivity contribution in [1.29, 1.82) is 0 Å². The molecule has 0 aliphatic heterocycles. The van der Waals surface area contributed by atoms with E-state index in [-0.39, 0.29) is 0 Å². The molecule has 4 nitrogen and oxygen atoms in total. The normalized spacial score (nSPS) is 11.4. The van der Waals surface area contributed by atoms with Crippen molar-refractivity contribution >= 4 is 0 Å². The van der Waals surface area contributed by atoms with E-state index in [4.69, 9.17) is 4.42 Å². The van der Waals surface area contributed by atoms with Crippen LogP contribution in [-0.4, -0.2) is 21.1 Å². The van der Waals surface area contributed by atoms with Crippen LogP contribution in [0.3, 0.4) is 0 Å². The minimum Gasteiger partial charge on any atom is -0.419 e. The number of benzene rings is 2. The van der Waals surface area contributed by atoms with Crippen LogP contribution in [0.2, 0.25) is 0 Å². The molecule has 4 heteroatoms. The van der Waals surface area contributed by atoms with E-state index in [1.54, 1.807) is 0 Å². The molecule has 3 rings (SSSR count). The van der Waals surface area contributed by atoms with Crippen molar-refractivity contribution in [2.24, 2.45) is 0 Å². The van der Waals surface area contributed by atoms with E-state index in [1.807, 2.05) is 18.2 Å². The van der Waals surface area contributed by atoms with Crippen molar-refractivity contribution < 1.29 is 4.42 Å². The molecule has 3 aromatic rings. The molecule has 0 spiro atoms. The van der Waals surface area contributed by atoms with Crippen LogP contribution in [0.1, 0.15) is 30.9 Å². The zero-order chi connectivity index (χ0) is 16.9. The summed E-state index contributed by atoms with van der Waals surface area (Å²) >= 11 is 0. The molecule has 124 valence electrons. The molecule has 0 amide bonds. The van der Waals surface area contributed by atoms with Gasteiger partial charge in [-0.1, -0.05) is 48.0 Å². The Morgan fingerprint density at radius 3 is 2.29 bits per heavy atom. The molecule has 2 aromatic carbocycles. The Morgan fingerprint density at radius 1 is 0.917 bits per heavy atom. The molecule has 0 saturated heterocycles. The first-order chi connectivity index (χ1) is 11.6. The van der Waals surface area contributed by atoms with Crippen LogP contribution in [0.15, 0.2) is 59.0 Å². The Balaban J connectivity index is 1.72. The zero-order valence-electron chi connectivity index (χ0n) is 14.4. The highest BCUT2D eigenvalue weighted by atomic mass is 16.4. The van der Waals surface area contributed by atoms with Gasteiger partial charge in [0.2, 0.25) is 11.8 Å². The van der Waals surface area contributed by atoms with Crippen LogP contribution in [0.5, 0.6) is 0 Å². The summed E-state index contributed by atoms with van der Waals surface area (Å²) in [5.74, 6) is 1.23. The molecule has 0 unspecified atom stereocenters. The molecular weight excluding hydrogens is 298 g/mol. The fourth-order valence-electron chi connectivity index (χ4n) is 2.54. The Morgan fingerprint density at radius 2 is 1.62 bits per heavy atom. The highest BCUT2D eigenvalue weighted by molar-refractivity contribution is 5.52. The molecule has 1 aromatic heterocycles. The summed E-state index contributed by atoms with van der Waals surface area (Å²) in [6, 6.07) is 19.0. The highest BCUT2D eigenvalue weighted by Crippen LogP contribution is 2.20. The summed E-state index contributed by atoms with van der Waals surface area (Å²) in [7, 11) is 0. The van der Waals surface area contributed by atoms with Gasteiger partial charge in [-0.05, 0) is 38.5 Å². The summed E-state index contributed by atoms with van der Waals surface area (Å²) < 4.78 is 5.86. The lowest BCUT2D eigenvalue weighted by Crippen LogP contribution is -2.29. The standard InChI is InChI=1S/C20H23N3O/c1-15(2)23(13-17-7-5-4-6-8-17)14-19-21-22-20(24-19)18-11-9-16(3)10-12-18/h4-12,15H,13-14H2,1-3H3. The number of aromatic nitrogens is 2. The largest absolute Gasteiger partial charge is 0.419 e. The lowest BCUT2D eigenvalue weighted by molar-refractivity contribution is 0.184. The van der Waals surface area contributed by atoms with Gasteiger partial charge in [0, 0.05) is 18.2 Å². The maximum Gasteiger partial charge on any atom is 0.247 e. The van der Waals surface area contributed by atoms with Crippen LogP contribution in [0, 0.1) is 6.92 Å². The van der Waals surface area contributed by atoms with Crippen molar-refractivity contribution in [3.05, 3.63) is 71.6 Å². The van der Waals surface area contributed by atoms with Gasteiger partial charge in [-0.2, -0.15) is 0 Å². The van der Waals surface area contributed by atoms with E-state index in [0.717, 1.165) is 12.1 Å². The Bertz CT molecular complexity index is 763. The maximum atomic E-state index is 5.86. The molecule has 0 aliphatic carbocycles. The Kier molecular flexibility index (Phi) is 5.06. The third-order valence-electron chi connectivity index (χ3n) is 4.06. The van der Waals surface area contributed by atoms with Gasteiger partial charge >= 0.3 is 0 Å². The van der Waals surface area contributed by atoms with Gasteiger partial charge in [0.25, 0.3) is 0 Å². The van der Waals surface area contributed by atoms with Gasteiger partial charge in [-0.15, -0.1) is 10.2 Å². The predicted octanol–water partition coefficient (Wildman–Crippen LogP) is 4.46. The predicted molar refractivity (Wildman–Crippen MR) is 95.3 cm³/mol. The summed E-state index contributed by atoms with van der Waals surface area (Å²) in [5, 5.41) is 8.41. The molecule has 0 N–H and O–H groups in total. The van der Waals surface area contributed by atoms with Gasteiger partial charge < -0.3 is 4.42 Å². The summed E-state index contributed by atoms with van der Waals surface area (Å²) in [4.78, 5) is 2.32. The van der Waals surface area contributed by atoms with E-state index in [9.17, 15) is 0 Å². The minimum atomic E-state index is 0.389. The number of hydrogen-bond donors (Lipinski definition) is 0. The number of rotatable bonds is 6. The number of hydrogen-bond acceptors (Lipinski definition) is 4. The van der Waals surface area contributed by atoms with Crippen LogP contribution in [0.4, 0.5) is 0 Å². The Hall–Kier alpha value is -2.46. The SMILES string of the molecule is Cc1ccc(-c2nnc(CN(Cc3ccccc3)C(C)C)o2)cc1. The average molecular weight is 321 g/mol. The second kappa shape index (κ2) is 7.41. The van der Waals surface area contributed by atoms with Crippen molar-refractivity contribution in [1.82, 2.24) is 15.1 Å². The summed E-state index contributed by atoms with van der Waals surface area (Å²) in [5.41, 5.74) is 3.45. The molecule has 0 fully saturated rings. The molecule has 24 heavy (non-hydrogen) atoms. The highest BCUT2D eigenvalue weighted by Gasteiger charge is 2.15. The third kappa shape index (κ3) is 4.09. The van der Waals surface area contributed by atoms with Gasteiger partial charge in [0.05, 0.1) is 6.54 Å². The van der Waals surface area contributed by atoms with E-state index in [0.29, 0.717) is 24.4 Å². The van der Waals surface area contributed by atoms with Crippen molar-refractivity contribution in [3.63, 3.8) is 0 Å². The molecule has 0 radical (unpaired) electrons. The van der Waals surface area contributed by atoms with Gasteiger partial charge in [0.1, 0.15) is 0 Å². The van der Waals surface area contributed by atoms with Gasteiger partial charge in [-0.25, -0.2) is 0 Å². The third-order valence-corrected chi connectivity index (χ3v) is 4.06. The number of nitrogens with zero attached hydrogens (tertiary/aromatic N) is 3. The lowest BCUT2D eigenvalue weighted by atomic mass is 10.1. The maximum absolute atomic E-state index is 5.86. The quantitative estimate of drug-likeness (QED) is 0.672. The first-order valence-electron chi connectivity index (χ1n) is 8.29. The molecule has 0 atom stereocenters. The smallest absolute Gasteiger partial charge is 0.247 e. The van der Waals surface area contributed by atoms with Gasteiger partial charge in [0.15, 0.2) is 0 Å². The number of aryl methyl sites for hydroxylation is 1. The molecule has 0 aliphatic rings. The fourth-order valence-corrected chi connectivity index (χ4v) is 2.54. The second-order valence-corrected chi connectivity index (χ2v) is 6.35. The molecular formula is C20H23N3O. The van der Waals surface area contributed by atoms with Crippen LogP contribution >= 0.6 is 0 Å². The lowest BCUT2D eigenvalue weighted by Gasteiger charge is -2.24. The van der Waals surface area contributed by atoms with E-state index in [2.05, 4.69) is 72.3 Å². The van der Waals surface area contributed by atoms with Crippen molar-refractivity contribution in [3.8, 4) is 11.5 Å². The fraction of sp³-hybridized carbons (Fsp3) is 0.300. The van der Waals surface area contributed by atoms with Gasteiger partial charge in [-0.3, -0.25) is 4.90 Å². The Labute approximate surface area is 143 Å². The average Bonchev–Trinajstić information content (AvgIpc) is 3.04. The van der Waals surface area contributed by atoms with Crippen molar-refractivity contribution in [2.45, 2.75) is 39.9 Å². The topological polar surface area (TPSA) is 42.2 Å². The van der Waals surface area contributed by atoms with Crippen molar-refractivity contribution in [2.75, 3.05) is 0 Å². The summed E-state index contributed by atoms with van der Waals surface area (Å²) in [6.07, 6.45) is 0. The second-order valence-electron chi connectivity index (χ2n) is 6.35. The minimum absolute atomic E-state index is 0.389. The summed E-state index contributed by atoms with van der Waals surface area (Å²) in [6.45, 7) is 7.93. The first kappa shape index (κ1) is 16.4. The molecule has 0 bridgehead atoms. The van der Waals surface area contributed by atoms with E-state index in [1.165, 1.54) is 11.1 Å². The van der Waals surface area contributed by atoms with Crippen LogP contribution in [-0.2, 0) is 13.1 Å². The molecule has 1 heterocycles.